The summed E-state index contributed by atoms with van der Waals surface area (Å²) in [6, 6.07) is 7.09. The summed E-state index contributed by atoms with van der Waals surface area (Å²) in [5.41, 5.74) is 7.19. The number of fused-ring (bicyclic) bond motifs is 1. The van der Waals surface area contributed by atoms with Crippen LogP contribution < -0.4 is 11.1 Å². The third-order valence-corrected chi connectivity index (χ3v) is 7.62. The molecule has 0 spiro atoms. The van der Waals surface area contributed by atoms with E-state index in [2.05, 4.69) is 20.8 Å². The Kier molecular flexibility index (Phi) is 9.00. The Hall–Kier alpha value is -3.64. The Balaban J connectivity index is 0.000000505. The van der Waals surface area contributed by atoms with Crippen LogP contribution in [0.5, 0.6) is 0 Å². The molecule has 2 aliphatic rings. The predicted octanol–water partition coefficient (Wildman–Crippen LogP) is 0.374. The molecule has 0 aliphatic carbocycles. The number of aryl methyl sites for hydroxylation is 1. The van der Waals surface area contributed by atoms with Gasteiger partial charge in [-0.3, -0.25) is 14.5 Å². The van der Waals surface area contributed by atoms with Gasteiger partial charge in [-0.15, -0.1) is 16.9 Å². The van der Waals surface area contributed by atoms with E-state index in [4.69, 9.17) is 15.6 Å². The van der Waals surface area contributed by atoms with Crippen molar-refractivity contribution in [3.05, 3.63) is 47.2 Å². The summed E-state index contributed by atoms with van der Waals surface area (Å²) in [5.74, 6) is -4.16. The molecule has 2 aliphatic heterocycles. The fourth-order valence-corrected chi connectivity index (χ4v) is 5.68. The lowest BCUT2D eigenvalue weighted by molar-refractivity contribution is -0.192. The maximum atomic E-state index is 12.8. The predicted molar refractivity (Wildman–Crippen MR) is 126 cm³/mol. The van der Waals surface area contributed by atoms with E-state index in [0.717, 1.165) is 0 Å². The van der Waals surface area contributed by atoms with Gasteiger partial charge in [-0.1, -0.05) is 42.1 Å². The first-order valence-corrected chi connectivity index (χ1v) is 12.5. The molecule has 3 atom stereocenters. The summed E-state index contributed by atoms with van der Waals surface area (Å²) in [6.45, 7) is 0. The number of thioether (sulfide) groups is 2. The van der Waals surface area contributed by atoms with Crippen molar-refractivity contribution in [3.63, 3.8) is 0 Å². The number of nitrogens with two attached hydrogens (primary N) is 1. The summed E-state index contributed by atoms with van der Waals surface area (Å²) in [7, 11) is 1.69. The minimum Gasteiger partial charge on any atom is -0.477 e. The molecule has 2 unspecified atom stereocenters. The van der Waals surface area contributed by atoms with Crippen molar-refractivity contribution in [1.82, 2.24) is 30.4 Å². The van der Waals surface area contributed by atoms with Gasteiger partial charge in [0.05, 0.1) is 0 Å². The van der Waals surface area contributed by atoms with Gasteiger partial charge in [0.2, 0.25) is 11.1 Å². The molecular weight excluding hydrogens is 555 g/mol. The number of β-lactam (4-membered cyclic amide) rings is 1. The quantitative estimate of drug-likeness (QED) is 0.262. The first-order chi connectivity index (χ1) is 17.8. The Bertz CT molecular complexity index is 1260. The highest BCUT2D eigenvalue weighted by Crippen LogP contribution is 2.41. The van der Waals surface area contributed by atoms with Crippen LogP contribution >= 0.6 is 23.5 Å². The molecule has 204 valence electrons. The molecule has 2 aromatic rings. The van der Waals surface area contributed by atoms with Gasteiger partial charge in [-0.25, -0.2) is 14.3 Å². The lowest BCUT2D eigenvalue weighted by atomic mass is 10.0. The van der Waals surface area contributed by atoms with Crippen molar-refractivity contribution < 1.29 is 42.6 Å². The second-order valence-corrected chi connectivity index (χ2v) is 9.77. The Morgan fingerprint density at radius 2 is 1.89 bits per heavy atom. The number of nitrogens with zero attached hydrogens (tertiary/aromatic N) is 5. The average molecular weight is 576 g/mol. The van der Waals surface area contributed by atoms with Crippen molar-refractivity contribution in [2.24, 2.45) is 12.8 Å². The van der Waals surface area contributed by atoms with Gasteiger partial charge in [0.1, 0.15) is 23.2 Å². The summed E-state index contributed by atoms with van der Waals surface area (Å²) < 4.78 is 33.2. The Labute approximate surface area is 220 Å². The number of aliphatic carboxylic acids is 2. The third kappa shape index (κ3) is 6.43. The molecule has 13 nitrogen and oxygen atoms in total. The second-order valence-electron chi connectivity index (χ2n) is 7.72. The van der Waals surface area contributed by atoms with E-state index < -0.39 is 47.4 Å². The van der Waals surface area contributed by atoms with Crippen LogP contribution in [0.25, 0.3) is 0 Å². The summed E-state index contributed by atoms with van der Waals surface area (Å²) in [4.78, 5) is 47.4. The maximum Gasteiger partial charge on any atom is 0.490 e. The second kappa shape index (κ2) is 11.8. The number of hydrogen-bond donors (Lipinski definition) is 4. The van der Waals surface area contributed by atoms with E-state index in [9.17, 15) is 32.7 Å². The molecule has 1 saturated heterocycles. The van der Waals surface area contributed by atoms with Crippen molar-refractivity contribution in [1.29, 1.82) is 0 Å². The molecular formula is C20H20F3N7O6S2. The number of benzene rings is 1. The topological polar surface area (TPSA) is 194 Å². The van der Waals surface area contributed by atoms with Crippen molar-refractivity contribution in [2.75, 3.05) is 11.5 Å². The molecule has 2 amide bonds. The van der Waals surface area contributed by atoms with Gasteiger partial charge in [-0.2, -0.15) is 13.2 Å². The molecule has 5 N–H and O–H groups in total. The molecule has 0 radical (unpaired) electrons. The molecule has 4 rings (SSSR count). The van der Waals surface area contributed by atoms with Crippen LogP contribution in [0.4, 0.5) is 13.2 Å². The third-order valence-electron chi connectivity index (χ3n) is 5.19. The van der Waals surface area contributed by atoms with E-state index in [-0.39, 0.29) is 5.70 Å². The van der Waals surface area contributed by atoms with Crippen LogP contribution in [0, 0.1) is 0 Å². The van der Waals surface area contributed by atoms with E-state index >= 15 is 0 Å². The van der Waals surface area contributed by atoms with Crippen LogP contribution in [0.1, 0.15) is 11.6 Å². The Morgan fingerprint density at radius 3 is 2.42 bits per heavy atom. The summed E-state index contributed by atoms with van der Waals surface area (Å²) in [6.07, 6.45) is -5.08. The standard InChI is InChI=1S/C18H19N7O4S2.C2HF3O2/c1-24-18(21-22-23-24)31-8-10-7-30-16-12(15(27)25(16)13(10)17(28)29)20-14(26)11(19)9-5-3-2-4-6-9;3-2(4,5)1(6)7/h2-6,11-12,16H,7-8,19H2,1H3,(H,20,26)(H,28,29);(H,6,7)/t11?,12?,16-;/m0./s1. The highest BCUT2D eigenvalue weighted by atomic mass is 32.2. The number of amides is 2. The number of halogens is 3. The van der Waals surface area contributed by atoms with Gasteiger partial charge in [0, 0.05) is 18.6 Å². The SMILES string of the molecule is Cn1nnnc1SCC1=C(C(=O)O)N2C(=O)C(NC(=O)C(N)c3ccccc3)[C@@H]2SC1.O=C(O)C(F)(F)F. The summed E-state index contributed by atoms with van der Waals surface area (Å²) >= 11 is 2.69. The van der Waals surface area contributed by atoms with Crippen LogP contribution in [-0.4, -0.2) is 88.2 Å². The van der Waals surface area contributed by atoms with E-state index in [1.165, 1.54) is 33.1 Å². The van der Waals surface area contributed by atoms with Crippen molar-refractivity contribution in [3.8, 4) is 0 Å². The minimum absolute atomic E-state index is 0.0470. The van der Waals surface area contributed by atoms with E-state index in [0.29, 0.717) is 27.8 Å². The van der Waals surface area contributed by atoms with Crippen molar-refractivity contribution in [2.45, 2.75) is 28.8 Å². The lowest BCUT2D eigenvalue weighted by Crippen LogP contribution is -2.71. The number of rotatable bonds is 7. The summed E-state index contributed by atoms with van der Waals surface area (Å²) in [5, 5.41) is 30.8. The maximum absolute atomic E-state index is 12.8. The molecule has 0 bridgehead atoms. The van der Waals surface area contributed by atoms with Crippen LogP contribution in [0.3, 0.4) is 0 Å². The number of carboxylic acids is 2. The smallest absolute Gasteiger partial charge is 0.477 e. The zero-order valence-corrected chi connectivity index (χ0v) is 21.0. The number of hydrogen-bond acceptors (Lipinski definition) is 10. The number of tetrazole rings is 1. The van der Waals surface area contributed by atoms with Gasteiger partial charge >= 0.3 is 18.1 Å². The Morgan fingerprint density at radius 1 is 1.26 bits per heavy atom. The van der Waals surface area contributed by atoms with Crippen LogP contribution in [0.15, 0.2) is 46.8 Å². The van der Waals surface area contributed by atoms with E-state index in [1.807, 2.05) is 6.07 Å². The highest BCUT2D eigenvalue weighted by Gasteiger charge is 2.54. The van der Waals surface area contributed by atoms with Crippen LogP contribution in [0.2, 0.25) is 0 Å². The van der Waals surface area contributed by atoms with Crippen molar-refractivity contribution >= 4 is 47.3 Å². The van der Waals surface area contributed by atoms with Gasteiger partial charge in [0.25, 0.3) is 5.91 Å². The van der Waals surface area contributed by atoms with Crippen LogP contribution in [-0.2, 0) is 26.2 Å². The number of aromatic nitrogens is 4. The first-order valence-electron chi connectivity index (χ1n) is 10.5. The molecule has 1 aromatic carbocycles. The number of nitrogens with one attached hydrogen (secondary N) is 1. The molecule has 38 heavy (non-hydrogen) atoms. The monoisotopic (exact) mass is 575 g/mol. The molecule has 3 heterocycles. The fourth-order valence-electron chi connectivity index (χ4n) is 3.34. The largest absolute Gasteiger partial charge is 0.490 e. The molecule has 1 fully saturated rings. The molecule has 18 heteroatoms. The first kappa shape index (κ1) is 28.9. The van der Waals surface area contributed by atoms with Gasteiger partial charge in [0.15, 0.2) is 0 Å². The minimum atomic E-state index is -5.08. The van der Waals surface area contributed by atoms with Gasteiger partial charge in [-0.05, 0) is 21.6 Å². The van der Waals surface area contributed by atoms with Gasteiger partial charge < -0.3 is 21.3 Å². The zero-order chi connectivity index (χ0) is 28.2. The molecule has 1 aromatic heterocycles. The molecule has 0 saturated carbocycles. The average Bonchev–Trinajstić information content (AvgIpc) is 3.29. The van der Waals surface area contributed by atoms with E-state index in [1.54, 1.807) is 31.3 Å². The normalized spacial score (nSPS) is 19.5. The fraction of sp³-hybridized carbons (Fsp3) is 0.350. The number of carbonyl (C=O) groups is 4. The number of carboxylic acid groups (broad SMARTS) is 2. The number of carbonyl (C=O) groups excluding carboxylic acids is 2. The highest BCUT2D eigenvalue weighted by molar-refractivity contribution is 8.01. The zero-order valence-electron chi connectivity index (χ0n) is 19.3. The number of alkyl halides is 3. The lowest BCUT2D eigenvalue weighted by Gasteiger charge is -2.49.